The minimum absolute atomic E-state index is 0.147. The van der Waals surface area contributed by atoms with Gasteiger partial charge in [-0.3, -0.25) is 0 Å². The number of hydrogen-bond acceptors (Lipinski definition) is 4. The summed E-state index contributed by atoms with van der Waals surface area (Å²) < 4.78 is 32.8. The Morgan fingerprint density at radius 2 is 2.10 bits per heavy atom. The molecule has 0 aromatic heterocycles. The zero-order valence-corrected chi connectivity index (χ0v) is 14.0. The summed E-state index contributed by atoms with van der Waals surface area (Å²) >= 11 is 6.00. The van der Waals surface area contributed by atoms with Gasteiger partial charge in [0.2, 0.25) is 10.0 Å². The van der Waals surface area contributed by atoms with E-state index in [-0.39, 0.29) is 11.5 Å². The zero-order valence-electron chi connectivity index (χ0n) is 12.4. The standard InChI is InChI=1S/C14H20ClNO4S/c1-10-11(8-17)6-12(15)7-13(10)21(18,19)16-4-5-20-9-14(16,2)3/h6-7,17H,4-5,8-9H2,1-3H3. The Bertz CT molecular complexity index is 643. The lowest BCUT2D eigenvalue weighted by Crippen LogP contribution is -2.55. The molecule has 0 radical (unpaired) electrons. The molecule has 1 heterocycles. The average molecular weight is 334 g/mol. The van der Waals surface area contributed by atoms with Gasteiger partial charge in [0, 0.05) is 11.6 Å². The van der Waals surface area contributed by atoms with Crippen LogP contribution in [0.5, 0.6) is 0 Å². The van der Waals surface area contributed by atoms with Crippen molar-refractivity contribution in [3.05, 3.63) is 28.3 Å². The van der Waals surface area contributed by atoms with Crippen LogP contribution in [-0.4, -0.2) is 43.1 Å². The molecule has 0 amide bonds. The molecule has 21 heavy (non-hydrogen) atoms. The summed E-state index contributed by atoms with van der Waals surface area (Å²) in [4.78, 5) is 0.147. The lowest BCUT2D eigenvalue weighted by Gasteiger charge is -2.41. The number of benzene rings is 1. The van der Waals surface area contributed by atoms with E-state index in [0.717, 1.165) is 0 Å². The molecule has 0 bridgehead atoms. The van der Waals surface area contributed by atoms with Crippen molar-refractivity contribution in [2.24, 2.45) is 0 Å². The Balaban J connectivity index is 2.56. The predicted molar refractivity (Wildman–Crippen MR) is 80.9 cm³/mol. The van der Waals surface area contributed by atoms with Gasteiger partial charge < -0.3 is 9.84 Å². The summed E-state index contributed by atoms with van der Waals surface area (Å²) in [6.45, 7) is 6.11. The molecule has 7 heteroatoms. The number of morpholine rings is 1. The molecule has 5 nitrogen and oxygen atoms in total. The molecule has 1 saturated heterocycles. The van der Waals surface area contributed by atoms with E-state index in [2.05, 4.69) is 0 Å². The number of aliphatic hydroxyl groups excluding tert-OH is 1. The van der Waals surface area contributed by atoms with E-state index in [0.29, 0.717) is 35.9 Å². The van der Waals surface area contributed by atoms with Gasteiger partial charge in [-0.25, -0.2) is 8.42 Å². The lowest BCUT2D eigenvalue weighted by atomic mass is 10.1. The predicted octanol–water partition coefficient (Wildman–Crippen LogP) is 1.94. The number of halogens is 1. The highest BCUT2D eigenvalue weighted by atomic mass is 35.5. The number of ether oxygens (including phenoxy) is 1. The molecule has 1 aromatic rings. The summed E-state index contributed by atoms with van der Waals surface area (Å²) in [7, 11) is -3.70. The quantitative estimate of drug-likeness (QED) is 0.918. The summed E-state index contributed by atoms with van der Waals surface area (Å²) in [6.07, 6.45) is 0. The SMILES string of the molecule is Cc1c(CO)cc(Cl)cc1S(=O)(=O)N1CCOCC1(C)C. The van der Waals surface area contributed by atoms with Crippen LogP contribution in [0.1, 0.15) is 25.0 Å². The molecule has 1 fully saturated rings. The van der Waals surface area contributed by atoms with Crippen LogP contribution in [0.25, 0.3) is 0 Å². The molecule has 0 unspecified atom stereocenters. The maximum absolute atomic E-state index is 13.0. The van der Waals surface area contributed by atoms with Crippen LogP contribution in [0.3, 0.4) is 0 Å². The first-order valence-electron chi connectivity index (χ1n) is 6.70. The van der Waals surface area contributed by atoms with Crippen molar-refractivity contribution in [3.63, 3.8) is 0 Å². The van der Waals surface area contributed by atoms with E-state index in [1.165, 1.54) is 10.4 Å². The van der Waals surface area contributed by atoms with E-state index in [1.807, 2.05) is 13.8 Å². The lowest BCUT2D eigenvalue weighted by molar-refractivity contribution is -0.00772. The first-order valence-corrected chi connectivity index (χ1v) is 8.52. The molecule has 1 aliphatic heterocycles. The van der Waals surface area contributed by atoms with Crippen LogP contribution in [0.4, 0.5) is 0 Å². The third-order valence-corrected chi connectivity index (χ3v) is 6.20. The Kier molecular flexibility index (Phi) is 4.66. The number of nitrogens with zero attached hydrogens (tertiary/aromatic N) is 1. The van der Waals surface area contributed by atoms with E-state index in [1.54, 1.807) is 13.0 Å². The molecule has 0 saturated carbocycles. The van der Waals surface area contributed by atoms with Gasteiger partial charge in [0.05, 0.1) is 30.3 Å². The van der Waals surface area contributed by atoms with Crippen LogP contribution in [-0.2, 0) is 21.4 Å². The van der Waals surface area contributed by atoms with E-state index in [4.69, 9.17) is 16.3 Å². The van der Waals surface area contributed by atoms with Crippen molar-refractivity contribution in [2.45, 2.75) is 37.8 Å². The third-order valence-electron chi connectivity index (χ3n) is 3.74. The fraction of sp³-hybridized carbons (Fsp3) is 0.571. The smallest absolute Gasteiger partial charge is 0.244 e. The highest BCUT2D eigenvalue weighted by Gasteiger charge is 2.40. The van der Waals surface area contributed by atoms with E-state index in [9.17, 15) is 13.5 Å². The zero-order chi connectivity index (χ0) is 15.8. The maximum Gasteiger partial charge on any atom is 0.244 e. The first-order chi connectivity index (χ1) is 9.70. The molecule has 1 aromatic carbocycles. The number of hydrogen-bond donors (Lipinski definition) is 1. The topological polar surface area (TPSA) is 66.8 Å². The van der Waals surface area contributed by atoms with Crippen molar-refractivity contribution >= 4 is 21.6 Å². The van der Waals surface area contributed by atoms with Gasteiger partial charge in [0.1, 0.15) is 0 Å². The monoisotopic (exact) mass is 333 g/mol. The summed E-state index contributed by atoms with van der Waals surface area (Å²) in [5.74, 6) is 0. The van der Waals surface area contributed by atoms with Gasteiger partial charge in [-0.2, -0.15) is 4.31 Å². The molecule has 0 spiro atoms. The van der Waals surface area contributed by atoms with Gasteiger partial charge in [-0.05, 0) is 44.0 Å². The van der Waals surface area contributed by atoms with Gasteiger partial charge in [-0.1, -0.05) is 11.6 Å². The van der Waals surface area contributed by atoms with E-state index < -0.39 is 15.6 Å². The van der Waals surface area contributed by atoms with Gasteiger partial charge in [-0.15, -0.1) is 0 Å². The van der Waals surface area contributed by atoms with E-state index >= 15 is 0 Å². The second kappa shape index (κ2) is 5.85. The minimum atomic E-state index is -3.70. The largest absolute Gasteiger partial charge is 0.392 e. The molecular formula is C14H20ClNO4S. The Labute approximate surface area is 130 Å². The van der Waals surface area contributed by atoms with Crippen molar-refractivity contribution in [3.8, 4) is 0 Å². The number of sulfonamides is 1. The minimum Gasteiger partial charge on any atom is -0.392 e. The van der Waals surface area contributed by atoms with Crippen LogP contribution in [0.2, 0.25) is 5.02 Å². The van der Waals surface area contributed by atoms with Crippen LogP contribution >= 0.6 is 11.6 Å². The summed E-state index contributed by atoms with van der Waals surface area (Å²) in [6, 6.07) is 3.03. The first kappa shape index (κ1) is 16.7. The molecule has 1 N–H and O–H groups in total. The normalized spacial score (nSPS) is 19.7. The summed E-state index contributed by atoms with van der Waals surface area (Å²) in [5.41, 5.74) is 0.432. The molecule has 2 rings (SSSR count). The second-order valence-corrected chi connectivity index (χ2v) is 8.06. The van der Waals surface area contributed by atoms with Crippen molar-refractivity contribution < 1.29 is 18.3 Å². The molecular weight excluding hydrogens is 314 g/mol. The van der Waals surface area contributed by atoms with Gasteiger partial charge in [0.15, 0.2) is 0 Å². The van der Waals surface area contributed by atoms with Crippen LogP contribution in [0, 0.1) is 6.92 Å². The molecule has 1 aliphatic rings. The number of rotatable bonds is 3. The Hall–Kier alpha value is -0.660. The maximum atomic E-state index is 13.0. The molecule has 0 aliphatic carbocycles. The van der Waals surface area contributed by atoms with Crippen LogP contribution in [0.15, 0.2) is 17.0 Å². The fourth-order valence-electron chi connectivity index (χ4n) is 2.55. The second-order valence-electron chi connectivity index (χ2n) is 5.79. The van der Waals surface area contributed by atoms with Gasteiger partial charge >= 0.3 is 0 Å². The van der Waals surface area contributed by atoms with Crippen molar-refractivity contribution in [1.82, 2.24) is 4.31 Å². The van der Waals surface area contributed by atoms with Crippen LogP contribution < -0.4 is 0 Å². The average Bonchev–Trinajstić information content (AvgIpc) is 2.40. The number of aliphatic hydroxyl groups is 1. The molecule has 118 valence electrons. The summed E-state index contributed by atoms with van der Waals surface area (Å²) in [5, 5.41) is 9.66. The third kappa shape index (κ3) is 3.10. The van der Waals surface area contributed by atoms with Crippen molar-refractivity contribution in [1.29, 1.82) is 0 Å². The van der Waals surface area contributed by atoms with Gasteiger partial charge in [0.25, 0.3) is 0 Å². The molecule has 0 atom stereocenters. The fourth-order valence-corrected chi connectivity index (χ4v) is 4.90. The Morgan fingerprint density at radius 1 is 1.43 bits per heavy atom. The highest BCUT2D eigenvalue weighted by molar-refractivity contribution is 7.89. The van der Waals surface area contributed by atoms with Crippen molar-refractivity contribution in [2.75, 3.05) is 19.8 Å². The Morgan fingerprint density at radius 3 is 2.67 bits per heavy atom. The highest BCUT2D eigenvalue weighted by Crippen LogP contribution is 2.32.